The number of hydrogen-bond acceptors (Lipinski definition) is 6. The highest BCUT2D eigenvalue weighted by atomic mass is 16.5. The average molecular weight is 340 g/mol. The van der Waals surface area contributed by atoms with Crippen molar-refractivity contribution in [2.45, 2.75) is 13.8 Å². The van der Waals surface area contributed by atoms with Crippen LogP contribution in [-0.2, 0) is 4.74 Å². The van der Waals surface area contributed by atoms with Gasteiger partial charge in [0.2, 0.25) is 5.76 Å². The molecule has 0 saturated heterocycles. The van der Waals surface area contributed by atoms with Crippen LogP contribution in [0.4, 0.5) is 5.69 Å². The van der Waals surface area contributed by atoms with Gasteiger partial charge in [-0.2, -0.15) is 0 Å². The molecule has 0 atom stereocenters. The Morgan fingerprint density at radius 2 is 1.92 bits per heavy atom. The fourth-order valence-corrected chi connectivity index (χ4v) is 2.23. The van der Waals surface area contributed by atoms with Crippen LogP contribution in [0, 0.1) is 6.92 Å². The zero-order valence-corrected chi connectivity index (χ0v) is 13.7. The zero-order valence-electron chi connectivity index (χ0n) is 13.7. The van der Waals surface area contributed by atoms with E-state index in [4.69, 9.17) is 13.6 Å². The summed E-state index contributed by atoms with van der Waals surface area (Å²) < 4.78 is 15.7. The largest absolute Gasteiger partial charge is 0.462 e. The van der Waals surface area contributed by atoms with Crippen LogP contribution in [0.1, 0.15) is 33.5 Å². The van der Waals surface area contributed by atoms with Crippen LogP contribution in [0.25, 0.3) is 11.5 Å². The number of anilines is 1. The van der Waals surface area contributed by atoms with E-state index >= 15 is 0 Å². The summed E-state index contributed by atoms with van der Waals surface area (Å²) in [6, 6.07) is 9.86. The molecular weight excluding hydrogens is 324 g/mol. The Balaban J connectivity index is 1.75. The van der Waals surface area contributed by atoms with E-state index in [1.165, 1.54) is 6.39 Å². The number of amides is 1. The van der Waals surface area contributed by atoms with Crippen molar-refractivity contribution in [1.82, 2.24) is 4.98 Å². The van der Waals surface area contributed by atoms with E-state index in [0.29, 0.717) is 29.4 Å². The van der Waals surface area contributed by atoms with Crippen molar-refractivity contribution >= 4 is 17.6 Å². The Kier molecular flexibility index (Phi) is 4.65. The quantitative estimate of drug-likeness (QED) is 0.712. The number of hydrogen-bond donors (Lipinski definition) is 1. The minimum atomic E-state index is -0.443. The first-order valence-corrected chi connectivity index (χ1v) is 7.67. The maximum absolute atomic E-state index is 12.4. The Hall–Kier alpha value is -3.35. The van der Waals surface area contributed by atoms with Gasteiger partial charge < -0.3 is 18.9 Å². The number of benzene rings is 1. The smallest absolute Gasteiger partial charge is 0.338 e. The molecule has 3 aromatic rings. The number of carbonyl (C=O) groups excluding carboxylic acids is 2. The van der Waals surface area contributed by atoms with Crippen LogP contribution in [0.2, 0.25) is 0 Å². The third-order valence-corrected chi connectivity index (χ3v) is 3.40. The maximum Gasteiger partial charge on any atom is 0.338 e. The Morgan fingerprint density at radius 3 is 2.56 bits per heavy atom. The molecule has 1 aromatic carbocycles. The minimum Gasteiger partial charge on any atom is -0.462 e. The molecule has 0 aliphatic carbocycles. The second-order valence-corrected chi connectivity index (χ2v) is 5.19. The van der Waals surface area contributed by atoms with Gasteiger partial charge in [-0.3, -0.25) is 4.79 Å². The molecule has 0 aliphatic heterocycles. The highest BCUT2D eigenvalue weighted by molar-refractivity contribution is 6.06. The molecule has 3 rings (SSSR count). The Bertz CT molecular complexity index is 892. The SMILES string of the molecule is CCOC(=O)c1ccc(NC(=O)c2ncoc2-c2ccc(C)o2)cc1. The molecule has 1 N–H and O–H groups in total. The van der Waals surface area contributed by atoms with Crippen molar-refractivity contribution < 1.29 is 23.2 Å². The molecule has 2 heterocycles. The van der Waals surface area contributed by atoms with Crippen molar-refractivity contribution in [2.75, 3.05) is 11.9 Å². The predicted molar refractivity (Wildman–Crippen MR) is 89.3 cm³/mol. The summed E-state index contributed by atoms with van der Waals surface area (Å²) in [7, 11) is 0. The van der Waals surface area contributed by atoms with Gasteiger partial charge in [0, 0.05) is 5.69 Å². The van der Waals surface area contributed by atoms with Gasteiger partial charge in [-0.25, -0.2) is 9.78 Å². The molecule has 25 heavy (non-hydrogen) atoms. The fraction of sp³-hybridized carbons (Fsp3) is 0.167. The second kappa shape index (κ2) is 7.04. The lowest BCUT2D eigenvalue weighted by Crippen LogP contribution is -2.13. The van der Waals surface area contributed by atoms with Crippen LogP contribution < -0.4 is 5.32 Å². The number of aryl methyl sites for hydroxylation is 1. The van der Waals surface area contributed by atoms with Gasteiger partial charge in [-0.15, -0.1) is 0 Å². The van der Waals surface area contributed by atoms with Gasteiger partial charge in [0.25, 0.3) is 5.91 Å². The average Bonchev–Trinajstić information content (AvgIpc) is 3.24. The topological polar surface area (TPSA) is 94.6 Å². The first kappa shape index (κ1) is 16.5. The van der Waals surface area contributed by atoms with Crippen LogP contribution in [0.5, 0.6) is 0 Å². The molecule has 0 unspecified atom stereocenters. The Morgan fingerprint density at radius 1 is 1.16 bits per heavy atom. The molecule has 7 nitrogen and oxygen atoms in total. The van der Waals surface area contributed by atoms with E-state index in [9.17, 15) is 9.59 Å². The van der Waals surface area contributed by atoms with Crippen molar-refractivity contribution in [3.8, 4) is 11.5 Å². The van der Waals surface area contributed by atoms with Gasteiger partial charge in [0.15, 0.2) is 17.8 Å². The maximum atomic E-state index is 12.4. The van der Waals surface area contributed by atoms with Crippen LogP contribution in [0.3, 0.4) is 0 Å². The first-order chi connectivity index (χ1) is 12.1. The number of aromatic nitrogens is 1. The normalized spacial score (nSPS) is 10.5. The lowest BCUT2D eigenvalue weighted by molar-refractivity contribution is 0.0526. The summed E-state index contributed by atoms with van der Waals surface area (Å²) in [6.45, 7) is 3.84. The molecule has 2 aromatic heterocycles. The molecule has 1 amide bonds. The first-order valence-electron chi connectivity index (χ1n) is 7.67. The highest BCUT2D eigenvalue weighted by Crippen LogP contribution is 2.25. The molecule has 0 radical (unpaired) electrons. The van der Waals surface area contributed by atoms with Crippen molar-refractivity contribution in [2.24, 2.45) is 0 Å². The lowest BCUT2D eigenvalue weighted by Gasteiger charge is -2.05. The number of nitrogens with one attached hydrogen (secondary N) is 1. The molecule has 0 fully saturated rings. The number of ether oxygens (including phenoxy) is 1. The predicted octanol–water partition coefficient (Wildman–Crippen LogP) is 3.67. The summed E-state index contributed by atoms with van der Waals surface area (Å²) in [4.78, 5) is 28.0. The zero-order chi connectivity index (χ0) is 17.8. The van der Waals surface area contributed by atoms with Gasteiger partial charge in [0.05, 0.1) is 12.2 Å². The molecule has 128 valence electrons. The third kappa shape index (κ3) is 3.60. The summed E-state index contributed by atoms with van der Waals surface area (Å²) in [5.41, 5.74) is 1.04. The number of oxazole rings is 1. The van der Waals surface area contributed by atoms with Crippen molar-refractivity contribution in [1.29, 1.82) is 0 Å². The minimum absolute atomic E-state index is 0.115. The van der Waals surface area contributed by atoms with Crippen molar-refractivity contribution in [3.63, 3.8) is 0 Å². The summed E-state index contributed by atoms with van der Waals surface area (Å²) in [5, 5.41) is 2.70. The second-order valence-electron chi connectivity index (χ2n) is 5.19. The van der Waals surface area contributed by atoms with E-state index in [2.05, 4.69) is 10.3 Å². The van der Waals surface area contributed by atoms with E-state index in [1.54, 1.807) is 50.2 Å². The molecule has 0 aliphatic rings. The van der Waals surface area contributed by atoms with Crippen LogP contribution >= 0.6 is 0 Å². The number of nitrogens with zero attached hydrogens (tertiary/aromatic N) is 1. The van der Waals surface area contributed by atoms with Gasteiger partial charge >= 0.3 is 5.97 Å². The van der Waals surface area contributed by atoms with Crippen LogP contribution in [-0.4, -0.2) is 23.5 Å². The third-order valence-electron chi connectivity index (χ3n) is 3.40. The van der Waals surface area contributed by atoms with Gasteiger partial charge in [0.1, 0.15) is 5.76 Å². The molecular formula is C18H16N2O5. The van der Waals surface area contributed by atoms with Crippen LogP contribution in [0.15, 0.2) is 51.6 Å². The summed E-state index contributed by atoms with van der Waals surface area (Å²) in [5.74, 6) is 0.535. The molecule has 0 spiro atoms. The molecule has 0 bridgehead atoms. The number of esters is 1. The van der Waals surface area contributed by atoms with Crippen molar-refractivity contribution in [3.05, 3.63) is 59.8 Å². The van der Waals surface area contributed by atoms with E-state index < -0.39 is 11.9 Å². The Labute approximate surface area is 143 Å². The number of rotatable bonds is 5. The number of furan rings is 1. The van der Waals surface area contributed by atoms with Gasteiger partial charge in [-0.05, 0) is 50.2 Å². The molecule has 0 saturated carbocycles. The highest BCUT2D eigenvalue weighted by Gasteiger charge is 2.21. The summed E-state index contributed by atoms with van der Waals surface area (Å²) in [6.07, 6.45) is 1.19. The molecule has 7 heteroatoms. The van der Waals surface area contributed by atoms with E-state index in [1.807, 2.05) is 0 Å². The van der Waals surface area contributed by atoms with E-state index in [-0.39, 0.29) is 11.5 Å². The fourth-order valence-electron chi connectivity index (χ4n) is 2.23. The standard InChI is InChI=1S/C18H16N2O5/c1-3-23-18(22)12-5-7-13(8-6-12)20-17(21)15-16(24-10-19-15)14-9-4-11(2)25-14/h4-10H,3H2,1-2H3,(H,20,21). The van der Waals surface area contributed by atoms with E-state index in [0.717, 1.165) is 0 Å². The summed E-state index contributed by atoms with van der Waals surface area (Å²) >= 11 is 0. The lowest BCUT2D eigenvalue weighted by atomic mass is 10.2. The monoisotopic (exact) mass is 340 g/mol. The van der Waals surface area contributed by atoms with Gasteiger partial charge in [-0.1, -0.05) is 0 Å². The number of carbonyl (C=O) groups is 2.